The van der Waals surface area contributed by atoms with Crippen molar-refractivity contribution in [2.45, 2.75) is 25.9 Å². The minimum atomic E-state index is -0.172. The van der Waals surface area contributed by atoms with E-state index < -0.39 is 0 Å². The predicted octanol–water partition coefficient (Wildman–Crippen LogP) is 4.45. The van der Waals surface area contributed by atoms with Gasteiger partial charge in [-0.15, -0.1) is 0 Å². The van der Waals surface area contributed by atoms with E-state index in [0.717, 1.165) is 30.8 Å². The van der Waals surface area contributed by atoms with E-state index in [0.29, 0.717) is 30.2 Å². The molecule has 0 aromatic heterocycles. The largest absolute Gasteiger partial charge is 0.491 e. The summed E-state index contributed by atoms with van der Waals surface area (Å²) in [5.41, 5.74) is 2.23. The van der Waals surface area contributed by atoms with E-state index >= 15 is 0 Å². The Morgan fingerprint density at radius 1 is 1.11 bits per heavy atom. The number of carbonyl (C=O) groups is 1. The standard InChI is InChI=1S/C22H25NO4/c1-16(2)14-26-19-9-5-17(6-10-19)22(24)23-18-7-11-20(12-8-18)27-15-21-4-3-13-25-21/h5-12,21H,1,3-4,13-15H2,2H3,(H,23,24). The molecule has 0 saturated carbocycles. The topological polar surface area (TPSA) is 56.8 Å². The summed E-state index contributed by atoms with van der Waals surface area (Å²) < 4.78 is 16.8. The summed E-state index contributed by atoms with van der Waals surface area (Å²) in [7, 11) is 0. The molecule has 1 aliphatic rings. The van der Waals surface area contributed by atoms with Crippen LogP contribution in [0.1, 0.15) is 30.1 Å². The molecule has 1 heterocycles. The van der Waals surface area contributed by atoms with Crippen LogP contribution in [0.25, 0.3) is 0 Å². The van der Waals surface area contributed by atoms with Crippen LogP contribution in [0.2, 0.25) is 0 Å². The summed E-state index contributed by atoms with van der Waals surface area (Å²) in [4.78, 5) is 12.4. The molecule has 1 aliphatic heterocycles. The number of carbonyl (C=O) groups excluding carboxylic acids is 1. The zero-order valence-electron chi connectivity index (χ0n) is 15.6. The van der Waals surface area contributed by atoms with Crippen LogP contribution in [0.15, 0.2) is 60.7 Å². The Balaban J connectivity index is 1.50. The summed E-state index contributed by atoms with van der Waals surface area (Å²) in [5.74, 6) is 1.30. The van der Waals surface area contributed by atoms with Gasteiger partial charge in [-0.1, -0.05) is 6.58 Å². The van der Waals surface area contributed by atoms with E-state index in [-0.39, 0.29) is 12.0 Å². The predicted molar refractivity (Wildman–Crippen MR) is 106 cm³/mol. The van der Waals surface area contributed by atoms with Gasteiger partial charge in [-0.25, -0.2) is 0 Å². The van der Waals surface area contributed by atoms with Gasteiger partial charge in [0.25, 0.3) is 5.91 Å². The van der Waals surface area contributed by atoms with E-state index in [1.165, 1.54) is 0 Å². The Morgan fingerprint density at radius 2 is 1.78 bits per heavy atom. The highest BCUT2D eigenvalue weighted by atomic mass is 16.5. The molecule has 5 nitrogen and oxygen atoms in total. The summed E-state index contributed by atoms with van der Waals surface area (Å²) in [6.07, 6.45) is 2.33. The lowest BCUT2D eigenvalue weighted by Gasteiger charge is -2.12. The number of hydrogen-bond donors (Lipinski definition) is 1. The lowest BCUT2D eigenvalue weighted by molar-refractivity contribution is 0.0679. The van der Waals surface area contributed by atoms with Gasteiger partial charge in [0.1, 0.15) is 24.7 Å². The highest BCUT2D eigenvalue weighted by Gasteiger charge is 2.16. The fourth-order valence-electron chi connectivity index (χ4n) is 2.71. The quantitative estimate of drug-likeness (QED) is 0.700. The molecule has 2 aromatic carbocycles. The van der Waals surface area contributed by atoms with Gasteiger partial charge in [-0.2, -0.15) is 0 Å². The number of hydrogen-bond acceptors (Lipinski definition) is 4. The van der Waals surface area contributed by atoms with Crippen molar-refractivity contribution in [2.24, 2.45) is 0 Å². The average molecular weight is 367 g/mol. The molecule has 1 saturated heterocycles. The van der Waals surface area contributed by atoms with Crippen molar-refractivity contribution in [1.82, 2.24) is 0 Å². The van der Waals surface area contributed by atoms with Crippen LogP contribution in [-0.4, -0.2) is 31.8 Å². The van der Waals surface area contributed by atoms with Crippen molar-refractivity contribution in [3.05, 3.63) is 66.2 Å². The molecule has 0 bridgehead atoms. The van der Waals surface area contributed by atoms with Gasteiger partial charge in [0.15, 0.2) is 0 Å². The second kappa shape index (κ2) is 9.24. The minimum Gasteiger partial charge on any atom is -0.491 e. The van der Waals surface area contributed by atoms with Crippen LogP contribution in [0.4, 0.5) is 5.69 Å². The third-order valence-electron chi connectivity index (χ3n) is 4.17. The van der Waals surface area contributed by atoms with E-state index in [2.05, 4.69) is 11.9 Å². The maximum Gasteiger partial charge on any atom is 0.255 e. The summed E-state index contributed by atoms with van der Waals surface area (Å²) >= 11 is 0. The molecule has 0 spiro atoms. The number of amides is 1. The number of nitrogens with one attached hydrogen (secondary N) is 1. The number of benzene rings is 2. The zero-order valence-corrected chi connectivity index (χ0v) is 15.6. The highest BCUT2D eigenvalue weighted by Crippen LogP contribution is 2.19. The van der Waals surface area contributed by atoms with Crippen LogP contribution in [-0.2, 0) is 4.74 Å². The van der Waals surface area contributed by atoms with Crippen LogP contribution in [0.5, 0.6) is 11.5 Å². The van der Waals surface area contributed by atoms with Gasteiger partial charge >= 0.3 is 0 Å². The fraction of sp³-hybridized carbons (Fsp3) is 0.318. The van der Waals surface area contributed by atoms with Crippen LogP contribution in [0.3, 0.4) is 0 Å². The maximum absolute atomic E-state index is 12.4. The van der Waals surface area contributed by atoms with Crippen molar-refractivity contribution in [2.75, 3.05) is 25.1 Å². The highest BCUT2D eigenvalue weighted by molar-refractivity contribution is 6.04. The summed E-state index contributed by atoms with van der Waals surface area (Å²) in [5, 5.41) is 2.88. The van der Waals surface area contributed by atoms with Gasteiger partial charge in [0, 0.05) is 17.9 Å². The lowest BCUT2D eigenvalue weighted by atomic mass is 10.2. The first-order valence-corrected chi connectivity index (χ1v) is 9.13. The van der Waals surface area contributed by atoms with Crippen LogP contribution in [0, 0.1) is 0 Å². The lowest BCUT2D eigenvalue weighted by Crippen LogP contribution is -2.16. The molecule has 1 fully saturated rings. The second-order valence-corrected chi connectivity index (χ2v) is 6.69. The van der Waals surface area contributed by atoms with E-state index in [1.54, 1.807) is 24.3 Å². The zero-order chi connectivity index (χ0) is 19.1. The molecular weight excluding hydrogens is 342 g/mol. The number of ether oxygens (including phenoxy) is 3. The van der Waals surface area contributed by atoms with E-state index in [4.69, 9.17) is 14.2 Å². The number of anilines is 1. The number of rotatable bonds is 8. The average Bonchev–Trinajstić information content (AvgIpc) is 3.20. The Bertz CT molecular complexity index is 762. The molecule has 1 unspecified atom stereocenters. The van der Waals surface area contributed by atoms with Crippen molar-refractivity contribution >= 4 is 11.6 Å². The van der Waals surface area contributed by atoms with Gasteiger partial charge in [-0.3, -0.25) is 4.79 Å². The molecule has 1 amide bonds. The molecule has 1 N–H and O–H groups in total. The molecular formula is C22H25NO4. The fourth-order valence-corrected chi connectivity index (χ4v) is 2.71. The Labute approximate surface area is 159 Å². The first-order chi connectivity index (χ1) is 13.1. The Kier molecular flexibility index (Phi) is 6.49. The van der Waals surface area contributed by atoms with Crippen molar-refractivity contribution in [3.8, 4) is 11.5 Å². The van der Waals surface area contributed by atoms with Crippen molar-refractivity contribution in [3.63, 3.8) is 0 Å². The minimum absolute atomic E-state index is 0.172. The van der Waals surface area contributed by atoms with E-state index in [1.807, 2.05) is 31.2 Å². The molecule has 142 valence electrons. The van der Waals surface area contributed by atoms with Crippen molar-refractivity contribution < 1.29 is 19.0 Å². The first-order valence-electron chi connectivity index (χ1n) is 9.13. The molecule has 1 atom stereocenters. The van der Waals surface area contributed by atoms with Gasteiger partial charge in [0.2, 0.25) is 0 Å². The SMILES string of the molecule is C=C(C)COc1ccc(C(=O)Nc2ccc(OCC3CCCO3)cc2)cc1. The normalized spacial score (nSPS) is 16.0. The molecule has 2 aromatic rings. The first kappa shape index (κ1) is 19.0. The van der Waals surface area contributed by atoms with Gasteiger partial charge in [-0.05, 0) is 73.9 Å². The molecule has 5 heteroatoms. The van der Waals surface area contributed by atoms with Gasteiger partial charge in [0.05, 0.1) is 6.10 Å². The van der Waals surface area contributed by atoms with Crippen LogP contribution >= 0.6 is 0 Å². The van der Waals surface area contributed by atoms with Crippen LogP contribution < -0.4 is 14.8 Å². The smallest absolute Gasteiger partial charge is 0.255 e. The third-order valence-corrected chi connectivity index (χ3v) is 4.17. The Hall–Kier alpha value is -2.79. The molecule has 0 aliphatic carbocycles. The maximum atomic E-state index is 12.4. The monoisotopic (exact) mass is 367 g/mol. The molecule has 0 radical (unpaired) electrons. The molecule has 3 rings (SSSR count). The van der Waals surface area contributed by atoms with E-state index in [9.17, 15) is 4.79 Å². The Morgan fingerprint density at radius 3 is 2.41 bits per heavy atom. The third kappa shape index (κ3) is 5.86. The van der Waals surface area contributed by atoms with Gasteiger partial charge < -0.3 is 19.5 Å². The summed E-state index contributed by atoms with van der Waals surface area (Å²) in [6.45, 7) is 7.55. The van der Waals surface area contributed by atoms with Crippen molar-refractivity contribution in [1.29, 1.82) is 0 Å². The summed E-state index contributed by atoms with van der Waals surface area (Å²) in [6, 6.07) is 14.4. The molecule has 27 heavy (non-hydrogen) atoms. The second-order valence-electron chi connectivity index (χ2n) is 6.69.